The Labute approximate surface area is 112 Å². The average Bonchev–Trinajstić information content (AvgIpc) is 2.42. The maximum absolute atomic E-state index is 11.6. The molecule has 2 heterocycles. The standard InChI is InChI=1S/C14H19N3O2/c1-3-19-14(18)17-9-6-11(7-10-17)12-5-4-8-16(2)13(12)15/h4-6,8,15H,3,7,9-10H2,1-2H3. The fraction of sp³-hybridized carbons (Fsp3) is 0.429. The quantitative estimate of drug-likeness (QED) is 0.881. The number of aryl methyl sites for hydroxylation is 1. The molecular formula is C14H19N3O2. The fourth-order valence-electron chi connectivity index (χ4n) is 2.17. The number of ether oxygens (including phenoxy) is 1. The van der Waals surface area contributed by atoms with Crippen LogP contribution in [0, 0.1) is 5.41 Å². The maximum atomic E-state index is 11.6. The smallest absolute Gasteiger partial charge is 0.410 e. The molecule has 0 bridgehead atoms. The first-order valence-corrected chi connectivity index (χ1v) is 6.44. The van der Waals surface area contributed by atoms with Crippen LogP contribution >= 0.6 is 0 Å². The number of nitrogens with zero attached hydrogens (tertiary/aromatic N) is 2. The van der Waals surface area contributed by atoms with Gasteiger partial charge < -0.3 is 14.2 Å². The van der Waals surface area contributed by atoms with Crippen LogP contribution in [0.3, 0.4) is 0 Å². The second kappa shape index (κ2) is 5.73. The summed E-state index contributed by atoms with van der Waals surface area (Å²) in [5, 5.41) is 8.05. The maximum Gasteiger partial charge on any atom is 0.410 e. The van der Waals surface area contributed by atoms with Crippen LogP contribution in [-0.4, -0.2) is 35.3 Å². The van der Waals surface area contributed by atoms with Crippen LogP contribution in [0.5, 0.6) is 0 Å². The van der Waals surface area contributed by atoms with Crippen molar-refractivity contribution in [3.05, 3.63) is 35.5 Å². The van der Waals surface area contributed by atoms with E-state index in [0.29, 0.717) is 25.2 Å². The highest BCUT2D eigenvalue weighted by Gasteiger charge is 2.19. The van der Waals surface area contributed by atoms with E-state index in [2.05, 4.69) is 0 Å². The topological polar surface area (TPSA) is 58.3 Å². The molecule has 1 aliphatic heterocycles. The monoisotopic (exact) mass is 261 g/mol. The molecule has 5 heteroatoms. The van der Waals surface area contributed by atoms with Gasteiger partial charge in [0.2, 0.25) is 0 Å². The molecule has 2 rings (SSSR count). The van der Waals surface area contributed by atoms with E-state index in [4.69, 9.17) is 10.1 Å². The number of pyridine rings is 1. The molecule has 0 aromatic carbocycles. The highest BCUT2D eigenvalue weighted by Crippen LogP contribution is 2.19. The van der Waals surface area contributed by atoms with E-state index in [0.717, 1.165) is 17.6 Å². The van der Waals surface area contributed by atoms with Crippen LogP contribution in [0.4, 0.5) is 4.79 Å². The lowest BCUT2D eigenvalue weighted by Gasteiger charge is -2.25. The zero-order valence-electron chi connectivity index (χ0n) is 11.3. The van der Waals surface area contributed by atoms with E-state index >= 15 is 0 Å². The Morgan fingerprint density at radius 3 is 2.95 bits per heavy atom. The van der Waals surface area contributed by atoms with Gasteiger partial charge in [-0.1, -0.05) is 6.08 Å². The van der Waals surface area contributed by atoms with Gasteiger partial charge in [-0.05, 0) is 31.1 Å². The van der Waals surface area contributed by atoms with E-state index < -0.39 is 0 Å². The molecule has 0 radical (unpaired) electrons. The lowest BCUT2D eigenvalue weighted by molar-refractivity contribution is 0.111. The summed E-state index contributed by atoms with van der Waals surface area (Å²) < 4.78 is 6.77. The second-order valence-electron chi connectivity index (χ2n) is 4.51. The van der Waals surface area contributed by atoms with Gasteiger partial charge in [0, 0.05) is 31.9 Å². The highest BCUT2D eigenvalue weighted by molar-refractivity contribution is 5.72. The van der Waals surface area contributed by atoms with Gasteiger partial charge in [0.1, 0.15) is 5.49 Å². The van der Waals surface area contributed by atoms with Crippen molar-refractivity contribution in [2.75, 3.05) is 19.7 Å². The van der Waals surface area contributed by atoms with Gasteiger partial charge in [0.25, 0.3) is 0 Å². The Kier molecular flexibility index (Phi) is 4.04. The molecule has 0 fully saturated rings. The molecule has 19 heavy (non-hydrogen) atoms. The van der Waals surface area contributed by atoms with Crippen molar-refractivity contribution in [2.45, 2.75) is 13.3 Å². The molecular weight excluding hydrogens is 242 g/mol. The van der Waals surface area contributed by atoms with Gasteiger partial charge in [0.05, 0.1) is 6.61 Å². The number of rotatable bonds is 2. The fourth-order valence-corrected chi connectivity index (χ4v) is 2.17. The van der Waals surface area contributed by atoms with E-state index in [1.165, 1.54) is 0 Å². The zero-order valence-corrected chi connectivity index (χ0v) is 11.3. The summed E-state index contributed by atoms with van der Waals surface area (Å²) in [5.74, 6) is 0. The van der Waals surface area contributed by atoms with Crippen molar-refractivity contribution < 1.29 is 9.53 Å². The summed E-state index contributed by atoms with van der Waals surface area (Å²) in [6.07, 6.45) is 4.37. The van der Waals surface area contributed by atoms with Gasteiger partial charge >= 0.3 is 6.09 Å². The summed E-state index contributed by atoms with van der Waals surface area (Å²) in [5.41, 5.74) is 2.56. The van der Waals surface area contributed by atoms with Crippen molar-refractivity contribution in [3.63, 3.8) is 0 Å². The molecule has 0 aliphatic carbocycles. The van der Waals surface area contributed by atoms with Crippen molar-refractivity contribution in [3.8, 4) is 0 Å². The molecule has 0 spiro atoms. The third-order valence-electron chi connectivity index (χ3n) is 3.26. The van der Waals surface area contributed by atoms with Crippen LogP contribution in [0.25, 0.3) is 5.57 Å². The van der Waals surface area contributed by atoms with Crippen LogP contribution in [-0.2, 0) is 11.8 Å². The minimum atomic E-state index is -0.262. The van der Waals surface area contributed by atoms with Crippen LogP contribution in [0.1, 0.15) is 18.9 Å². The normalized spacial score (nSPS) is 15.1. The zero-order chi connectivity index (χ0) is 13.8. The van der Waals surface area contributed by atoms with Crippen molar-refractivity contribution >= 4 is 11.7 Å². The SMILES string of the molecule is CCOC(=O)N1CC=C(c2cccn(C)c2=N)CC1. The minimum absolute atomic E-state index is 0.262. The lowest BCUT2D eigenvalue weighted by Crippen LogP contribution is -2.35. The Morgan fingerprint density at radius 1 is 1.53 bits per heavy atom. The summed E-state index contributed by atoms with van der Waals surface area (Å²) in [4.78, 5) is 13.3. The van der Waals surface area contributed by atoms with Crippen molar-refractivity contribution in [2.24, 2.45) is 7.05 Å². The number of carbonyl (C=O) groups is 1. The molecule has 5 nitrogen and oxygen atoms in total. The van der Waals surface area contributed by atoms with Crippen molar-refractivity contribution in [1.82, 2.24) is 9.47 Å². The average molecular weight is 261 g/mol. The Balaban J connectivity index is 2.15. The third kappa shape index (κ3) is 2.86. The van der Waals surface area contributed by atoms with Crippen LogP contribution < -0.4 is 5.49 Å². The van der Waals surface area contributed by atoms with Gasteiger partial charge in [-0.2, -0.15) is 0 Å². The number of hydrogen-bond acceptors (Lipinski definition) is 3. The molecule has 0 unspecified atom stereocenters. The van der Waals surface area contributed by atoms with E-state index in [1.54, 1.807) is 16.4 Å². The summed E-state index contributed by atoms with van der Waals surface area (Å²) in [6.45, 7) is 3.39. The van der Waals surface area contributed by atoms with Gasteiger partial charge in [0.15, 0.2) is 0 Å². The number of aromatic nitrogens is 1. The minimum Gasteiger partial charge on any atom is -0.450 e. The van der Waals surface area contributed by atoms with Crippen LogP contribution in [0.15, 0.2) is 24.4 Å². The molecule has 1 aromatic heterocycles. The lowest BCUT2D eigenvalue weighted by atomic mass is 10.0. The van der Waals surface area contributed by atoms with E-state index in [-0.39, 0.29) is 6.09 Å². The molecule has 102 valence electrons. The third-order valence-corrected chi connectivity index (χ3v) is 3.26. The molecule has 0 atom stereocenters. The predicted octanol–water partition coefficient (Wildman–Crippen LogP) is 1.75. The second-order valence-corrected chi connectivity index (χ2v) is 4.51. The van der Waals surface area contributed by atoms with E-state index in [9.17, 15) is 4.79 Å². The molecule has 1 aromatic rings. The molecule has 1 N–H and O–H groups in total. The first-order chi connectivity index (χ1) is 9.13. The van der Waals surface area contributed by atoms with E-state index in [1.807, 2.05) is 31.5 Å². The summed E-state index contributed by atoms with van der Waals surface area (Å²) in [6, 6.07) is 3.89. The molecule has 1 amide bonds. The highest BCUT2D eigenvalue weighted by atomic mass is 16.6. The number of nitrogens with one attached hydrogen (secondary N) is 1. The number of hydrogen-bond donors (Lipinski definition) is 1. The largest absolute Gasteiger partial charge is 0.450 e. The first kappa shape index (κ1) is 13.4. The summed E-state index contributed by atoms with van der Waals surface area (Å²) in [7, 11) is 1.86. The van der Waals surface area contributed by atoms with Crippen molar-refractivity contribution in [1.29, 1.82) is 5.41 Å². The number of carbonyl (C=O) groups excluding carboxylic acids is 1. The first-order valence-electron chi connectivity index (χ1n) is 6.44. The number of amides is 1. The molecule has 0 saturated heterocycles. The Bertz CT molecular complexity index is 560. The Morgan fingerprint density at radius 2 is 2.32 bits per heavy atom. The Hall–Kier alpha value is -2.04. The van der Waals surface area contributed by atoms with Gasteiger partial charge in [-0.15, -0.1) is 0 Å². The summed E-state index contributed by atoms with van der Waals surface area (Å²) >= 11 is 0. The molecule has 0 saturated carbocycles. The van der Waals surface area contributed by atoms with Gasteiger partial charge in [-0.25, -0.2) is 4.79 Å². The molecule has 1 aliphatic rings. The van der Waals surface area contributed by atoms with Crippen LogP contribution in [0.2, 0.25) is 0 Å². The van der Waals surface area contributed by atoms with Gasteiger partial charge in [-0.3, -0.25) is 5.41 Å². The predicted molar refractivity (Wildman–Crippen MR) is 72.5 cm³/mol.